The molecule has 0 nitrogen and oxygen atoms in total. The van der Waals surface area contributed by atoms with E-state index < -0.39 is 0 Å². The molecule has 0 amide bonds. The van der Waals surface area contributed by atoms with Crippen molar-refractivity contribution in [2.24, 2.45) is 11.8 Å². The van der Waals surface area contributed by atoms with Gasteiger partial charge >= 0.3 is 0 Å². The van der Waals surface area contributed by atoms with Crippen molar-refractivity contribution in [2.75, 3.05) is 0 Å². The Morgan fingerprint density at radius 1 is 0.351 bits per heavy atom. The molecule has 2 spiro atoms. The number of fused-ring (bicyclic) bond motifs is 1. The molecule has 1 aliphatic heterocycles. The highest BCUT2D eigenvalue weighted by molar-refractivity contribution is 8.00. The van der Waals surface area contributed by atoms with Crippen LogP contribution in [0.3, 0.4) is 0 Å². The molecule has 11 aromatic rings. The van der Waals surface area contributed by atoms with Crippen molar-refractivity contribution in [1.82, 2.24) is 0 Å². The minimum Gasteiger partial charge on any atom is -0.112 e. The van der Waals surface area contributed by atoms with Crippen LogP contribution in [0, 0.1) is 11.8 Å². The standard InChI is InChI=1S/C73H38S/c1-8(2)9-6-7-10-70(65(9)71(3,4)5)74-73-68-61-55-45-33-25-17-13-11-12-15-19(17)27(33)37-31-23(15)24-16(12)20-18-14(11)22-21(13)29-35(25)43-49-39(29)40-30(22)36-26(18)34-28(20)38-32(24)42-41(31)53(47(37)55)63(68)64-54(42)48(38)56-46(34)52-44(36)50(40)58-57(49)66(59(61)51(43)45)72(10,73)67(58)60(52)62(56)69(64)73/h6-8,13,15,17,19,21,23,29,31,39-42,50,54,58,60,62,64,67,69H,1-5H3. The molecule has 22 unspecified atom stereocenters. The van der Waals surface area contributed by atoms with Crippen LogP contribution < -0.4 is 0 Å². The molecule has 0 N–H and O–H groups in total. The number of benzene rings is 10. The Hall–Kier alpha value is -5.37. The van der Waals surface area contributed by atoms with Crippen LogP contribution in [-0.2, 0) is 15.6 Å². The minimum atomic E-state index is -0.00391. The van der Waals surface area contributed by atoms with Crippen LogP contribution in [0.2, 0.25) is 0 Å². The SMILES string of the molecule is CC(C)c1ccc2c(c1C(C)(C)C)SC13c4c5c6c7c8c9c%10c%11c%12c%13c%14c%15c(c%16c%13c%10c7c4-%16)C21C1C%15C2c4c7c%10c%13c%15c%16c%17c%18c%19c%20c%21c%22c%23c(c4c4c%22c%19c%16c%104)C2C%14C%12C%23C%21C%11C9C%20C%18C8C6C%17C%15C5C3C%13C71. The fourth-order valence-electron chi connectivity index (χ4n) is 33.1. The molecular formula is C73H38S. The summed E-state index contributed by atoms with van der Waals surface area (Å²) in [5.41, 5.74) is 50.0. The van der Waals surface area contributed by atoms with E-state index >= 15 is 0 Å². The zero-order valence-corrected chi connectivity index (χ0v) is 42.0. The van der Waals surface area contributed by atoms with E-state index in [2.05, 4.69) is 69.6 Å². The predicted octanol–water partition coefficient (Wildman–Crippen LogP) is 16.9. The third-order valence-electron chi connectivity index (χ3n) is 31.8. The Labute approximate surface area is 426 Å². The number of rotatable bonds is 1. The van der Waals surface area contributed by atoms with Gasteiger partial charge in [-0.25, -0.2) is 0 Å². The zero-order chi connectivity index (χ0) is 45.0. The van der Waals surface area contributed by atoms with E-state index in [1.54, 1.807) is 11.1 Å². The summed E-state index contributed by atoms with van der Waals surface area (Å²) < 4.78 is 0.0263. The van der Waals surface area contributed by atoms with Gasteiger partial charge < -0.3 is 0 Å². The van der Waals surface area contributed by atoms with Gasteiger partial charge in [0.2, 0.25) is 0 Å². The van der Waals surface area contributed by atoms with E-state index in [0.717, 1.165) is 0 Å². The van der Waals surface area contributed by atoms with Crippen molar-refractivity contribution in [1.29, 1.82) is 0 Å². The fourth-order valence-corrected chi connectivity index (χ4v) is 35.6. The largest absolute Gasteiger partial charge is 0.112 e. The highest BCUT2D eigenvalue weighted by Crippen LogP contribution is 3.01. The average molecular weight is 947 g/mol. The third kappa shape index (κ3) is 1.74. The molecule has 0 radical (unpaired) electrons. The second-order valence-electron chi connectivity index (χ2n) is 32.4. The molecule has 1 heteroatoms. The molecular weight excluding hydrogens is 909 g/mol. The van der Waals surface area contributed by atoms with Crippen LogP contribution in [0.15, 0.2) is 17.0 Å². The van der Waals surface area contributed by atoms with Crippen molar-refractivity contribution in [3.05, 3.63) is 140 Å². The zero-order valence-electron chi connectivity index (χ0n) is 41.2. The van der Waals surface area contributed by atoms with Gasteiger partial charge in [0.1, 0.15) is 0 Å². The Bertz CT molecular complexity index is 5650. The van der Waals surface area contributed by atoms with E-state index in [4.69, 9.17) is 0 Å². The monoisotopic (exact) mass is 946 g/mol. The lowest BCUT2D eigenvalue weighted by Crippen LogP contribution is -2.62. The first-order valence-electron chi connectivity index (χ1n) is 30.5. The summed E-state index contributed by atoms with van der Waals surface area (Å²) in [6.07, 6.45) is 0. The van der Waals surface area contributed by atoms with Crippen LogP contribution in [-0.4, -0.2) is 0 Å². The first-order valence-corrected chi connectivity index (χ1v) is 31.3. The Balaban J connectivity index is 0.991. The fraction of sp³-hybridized carbons (Fsp3) is 0.397. The lowest BCUT2D eigenvalue weighted by atomic mass is 9.39. The highest BCUT2D eigenvalue weighted by Gasteiger charge is 2.90. The number of hydrogen-bond acceptors (Lipinski definition) is 1. The van der Waals surface area contributed by atoms with Crippen molar-refractivity contribution in [3.8, 4) is 11.1 Å². The first kappa shape index (κ1) is 31.0. The molecule has 23 aliphatic rings. The van der Waals surface area contributed by atoms with Crippen molar-refractivity contribution in [2.45, 2.75) is 168 Å². The molecule has 22 atom stereocenters. The smallest absolute Gasteiger partial charge is 0.0645 e. The average Bonchev–Trinajstić information content (AvgIpc) is 2.42. The van der Waals surface area contributed by atoms with E-state index in [0.29, 0.717) is 124 Å². The summed E-state index contributed by atoms with van der Waals surface area (Å²) >= 11 is 2.64. The van der Waals surface area contributed by atoms with Crippen LogP contribution in [0.4, 0.5) is 0 Å². The molecule has 0 aromatic heterocycles. The number of thioether (sulfide) groups is 1. The maximum atomic E-state index is 2.93. The van der Waals surface area contributed by atoms with E-state index in [1.165, 1.54) is 0 Å². The van der Waals surface area contributed by atoms with Gasteiger partial charge in [-0.05, 0) is 355 Å². The van der Waals surface area contributed by atoms with Crippen LogP contribution >= 0.6 is 11.8 Å². The summed E-state index contributed by atoms with van der Waals surface area (Å²) in [5, 5.41) is 30.8. The lowest BCUT2D eigenvalue weighted by molar-refractivity contribution is 0.0341. The van der Waals surface area contributed by atoms with Gasteiger partial charge in [0.05, 0.1) is 4.75 Å². The summed E-state index contributed by atoms with van der Waals surface area (Å²) in [6, 6.07) is 5.72. The summed E-state index contributed by atoms with van der Waals surface area (Å²) in [4.78, 5) is 1.81. The molecule has 74 heavy (non-hydrogen) atoms. The van der Waals surface area contributed by atoms with E-state index in [9.17, 15) is 0 Å². The number of hydrogen-bond donors (Lipinski definition) is 0. The normalized spacial score (nSPS) is 46.4. The second-order valence-corrected chi connectivity index (χ2v) is 33.7. The van der Waals surface area contributed by atoms with Gasteiger partial charge in [0.25, 0.3) is 0 Å². The molecule has 1 saturated carbocycles. The maximum Gasteiger partial charge on any atom is 0.0645 e. The second kappa shape index (κ2) is 7.17. The minimum absolute atomic E-state index is 0.00391. The first-order chi connectivity index (χ1) is 36.4. The molecule has 0 saturated heterocycles. The third-order valence-corrected chi connectivity index (χ3v) is 33.5. The highest BCUT2D eigenvalue weighted by atomic mass is 32.2. The van der Waals surface area contributed by atoms with Crippen molar-refractivity contribution < 1.29 is 0 Å². The lowest BCUT2D eigenvalue weighted by Gasteiger charge is -2.65. The van der Waals surface area contributed by atoms with Crippen LogP contribution in [0.25, 0.3) is 97.3 Å². The molecule has 11 aromatic carbocycles. The molecule has 34 rings (SSSR count). The van der Waals surface area contributed by atoms with Gasteiger partial charge in [0.15, 0.2) is 0 Å². The van der Waals surface area contributed by atoms with Gasteiger partial charge in [0, 0.05) is 10.3 Å². The molecule has 336 valence electrons. The molecule has 22 aliphatic carbocycles. The Morgan fingerprint density at radius 2 is 0.662 bits per heavy atom. The van der Waals surface area contributed by atoms with Gasteiger partial charge in [-0.15, -0.1) is 11.8 Å². The van der Waals surface area contributed by atoms with E-state index in [-0.39, 0.29) is 15.6 Å². The van der Waals surface area contributed by atoms with Crippen molar-refractivity contribution >= 4 is 97.9 Å². The van der Waals surface area contributed by atoms with Gasteiger partial charge in [-0.3, -0.25) is 0 Å². The molecule has 0 bridgehead atoms. The quantitative estimate of drug-likeness (QED) is 0.148. The van der Waals surface area contributed by atoms with Gasteiger partial charge in [-0.1, -0.05) is 46.8 Å². The Kier molecular flexibility index (Phi) is 3.00. The predicted molar refractivity (Wildman–Crippen MR) is 289 cm³/mol. The molecule has 1 fully saturated rings. The summed E-state index contributed by atoms with van der Waals surface area (Å²) in [7, 11) is 0. The Morgan fingerprint density at radius 3 is 1.08 bits per heavy atom. The summed E-state index contributed by atoms with van der Waals surface area (Å²) in [5.74, 6) is 13.7. The maximum absolute atomic E-state index is 2.93. The van der Waals surface area contributed by atoms with Crippen LogP contribution in [0.5, 0.6) is 0 Å². The van der Waals surface area contributed by atoms with E-state index in [1.807, 2.05) is 208 Å². The van der Waals surface area contributed by atoms with Crippen LogP contribution in [0.1, 0.15) is 275 Å². The van der Waals surface area contributed by atoms with Crippen molar-refractivity contribution in [3.63, 3.8) is 0 Å². The van der Waals surface area contributed by atoms with Gasteiger partial charge in [-0.2, -0.15) is 0 Å². The summed E-state index contributed by atoms with van der Waals surface area (Å²) in [6.45, 7) is 13.0. The molecule has 1 heterocycles. The topological polar surface area (TPSA) is 0 Å².